The van der Waals surface area contributed by atoms with Crippen molar-refractivity contribution in [3.8, 4) is 0 Å². The third-order valence-electron chi connectivity index (χ3n) is 4.95. The van der Waals surface area contributed by atoms with Crippen LogP contribution in [-0.2, 0) is 4.79 Å². The van der Waals surface area contributed by atoms with E-state index >= 15 is 0 Å². The van der Waals surface area contributed by atoms with Crippen molar-refractivity contribution in [1.82, 2.24) is 15.1 Å². The van der Waals surface area contributed by atoms with Crippen LogP contribution in [0.3, 0.4) is 0 Å². The lowest BCUT2D eigenvalue weighted by molar-refractivity contribution is -0.142. The molecule has 2 fully saturated rings. The third kappa shape index (κ3) is 3.31. The molecule has 3 rings (SSSR count). The predicted molar refractivity (Wildman–Crippen MR) is 80.6 cm³/mol. The highest BCUT2D eigenvalue weighted by Gasteiger charge is 2.27. The van der Waals surface area contributed by atoms with Crippen LogP contribution in [0, 0.1) is 5.92 Å². The molecule has 0 aromatic carbocycles. The number of carboxylic acid groups (broad SMARTS) is 1. The van der Waals surface area contributed by atoms with Crippen LogP contribution in [0.1, 0.15) is 67.9 Å². The van der Waals surface area contributed by atoms with Crippen molar-refractivity contribution in [3.63, 3.8) is 0 Å². The van der Waals surface area contributed by atoms with Crippen molar-refractivity contribution < 1.29 is 14.7 Å². The van der Waals surface area contributed by atoms with Gasteiger partial charge in [0.2, 0.25) is 0 Å². The van der Waals surface area contributed by atoms with E-state index in [0.29, 0.717) is 24.6 Å². The Bertz CT molecular complexity index is 541. The molecule has 0 bridgehead atoms. The lowest BCUT2D eigenvalue weighted by Gasteiger charge is -2.26. The molecule has 1 heterocycles. The van der Waals surface area contributed by atoms with E-state index in [1.165, 1.54) is 12.8 Å². The minimum Gasteiger partial charge on any atom is -0.481 e. The molecule has 2 N–H and O–H groups in total. The predicted octanol–water partition coefficient (Wildman–Crippen LogP) is 2.37. The van der Waals surface area contributed by atoms with Gasteiger partial charge in [0.05, 0.1) is 12.0 Å². The maximum atomic E-state index is 12.3. The summed E-state index contributed by atoms with van der Waals surface area (Å²) in [5.41, 5.74) is 0.465. The van der Waals surface area contributed by atoms with Gasteiger partial charge in [-0.05, 0) is 44.6 Å². The quantitative estimate of drug-likeness (QED) is 0.894. The average molecular weight is 305 g/mol. The molecule has 0 saturated heterocycles. The highest BCUT2D eigenvalue weighted by atomic mass is 16.4. The molecule has 0 atom stereocenters. The number of carbonyl (C=O) groups excluding carboxylic acids is 1. The molecule has 0 unspecified atom stereocenters. The summed E-state index contributed by atoms with van der Waals surface area (Å²) >= 11 is 0. The highest BCUT2D eigenvalue weighted by Crippen LogP contribution is 2.29. The molecule has 0 spiro atoms. The van der Waals surface area contributed by atoms with Gasteiger partial charge in [0, 0.05) is 12.2 Å². The van der Waals surface area contributed by atoms with Crippen molar-refractivity contribution in [2.75, 3.05) is 0 Å². The number of aromatic nitrogens is 2. The number of carboxylic acids is 1. The normalized spacial score (nSPS) is 26.0. The molecular formula is C16H23N3O3. The van der Waals surface area contributed by atoms with Crippen molar-refractivity contribution in [1.29, 1.82) is 0 Å². The van der Waals surface area contributed by atoms with Gasteiger partial charge in [-0.3, -0.25) is 14.3 Å². The molecule has 1 amide bonds. The Morgan fingerprint density at radius 1 is 1.14 bits per heavy atom. The van der Waals surface area contributed by atoms with Crippen molar-refractivity contribution in [2.24, 2.45) is 5.92 Å². The van der Waals surface area contributed by atoms with Crippen LogP contribution < -0.4 is 5.32 Å². The van der Waals surface area contributed by atoms with E-state index in [-0.39, 0.29) is 17.9 Å². The molecular weight excluding hydrogens is 282 g/mol. The summed E-state index contributed by atoms with van der Waals surface area (Å²) in [7, 11) is 0. The van der Waals surface area contributed by atoms with Gasteiger partial charge in [0.25, 0.3) is 5.91 Å². The molecule has 2 aliphatic carbocycles. The first-order valence-corrected chi connectivity index (χ1v) is 8.22. The molecule has 1 aromatic heterocycles. The lowest BCUT2D eigenvalue weighted by Crippen LogP contribution is -2.39. The Balaban J connectivity index is 1.53. The van der Waals surface area contributed by atoms with Crippen molar-refractivity contribution in [3.05, 3.63) is 18.0 Å². The second-order valence-electron chi connectivity index (χ2n) is 6.48. The first-order chi connectivity index (χ1) is 10.6. The zero-order chi connectivity index (χ0) is 15.5. The zero-order valence-electron chi connectivity index (χ0n) is 12.7. The molecule has 2 aliphatic rings. The number of hydrogen-bond acceptors (Lipinski definition) is 3. The number of amides is 1. The van der Waals surface area contributed by atoms with Crippen LogP contribution in [0.5, 0.6) is 0 Å². The molecule has 22 heavy (non-hydrogen) atoms. The monoisotopic (exact) mass is 305 g/mol. The number of hydrogen-bond donors (Lipinski definition) is 2. The van der Waals surface area contributed by atoms with Crippen LogP contribution >= 0.6 is 0 Å². The second-order valence-corrected chi connectivity index (χ2v) is 6.48. The van der Waals surface area contributed by atoms with Crippen LogP contribution in [0.25, 0.3) is 0 Å². The molecule has 6 nitrogen and oxygen atoms in total. The van der Waals surface area contributed by atoms with E-state index in [2.05, 4.69) is 10.4 Å². The Hall–Kier alpha value is -1.85. The topological polar surface area (TPSA) is 84.2 Å². The van der Waals surface area contributed by atoms with E-state index in [9.17, 15) is 9.59 Å². The highest BCUT2D eigenvalue weighted by molar-refractivity contribution is 5.92. The van der Waals surface area contributed by atoms with Gasteiger partial charge in [0.15, 0.2) is 0 Å². The number of nitrogens with zero attached hydrogens (tertiary/aromatic N) is 2. The summed E-state index contributed by atoms with van der Waals surface area (Å²) in [4.78, 5) is 23.2. The van der Waals surface area contributed by atoms with E-state index in [0.717, 1.165) is 25.7 Å². The smallest absolute Gasteiger partial charge is 0.306 e. The fraction of sp³-hybridized carbons (Fsp3) is 0.688. The number of rotatable bonds is 4. The maximum Gasteiger partial charge on any atom is 0.306 e. The minimum atomic E-state index is -0.722. The van der Waals surface area contributed by atoms with Gasteiger partial charge < -0.3 is 10.4 Å². The second kappa shape index (κ2) is 6.50. The number of carbonyl (C=O) groups is 2. The Labute approximate surface area is 129 Å². The summed E-state index contributed by atoms with van der Waals surface area (Å²) in [5.74, 6) is -1.12. The zero-order valence-corrected chi connectivity index (χ0v) is 12.7. The third-order valence-corrected chi connectivity index (χ3v) is 4.95. The van der Waals surface area contributed by atoms with Gasteiger partial charge in [-0.1, -0.05) is 12.8 Å². The fourth-order valence-electron chi connectivity index (χ4n) is 3.58. The van der Waals surface area contributed by atoms with E-state index in [1.807, 2.05) is 10.9 Å². The fourth-order valence-corrected chi connectivity index (χ4v) is 3.58. The lowest BCUT2D eigenvalue weighted by atomic mass is 9.86. The van der Waals surface area contributed by atoms with E-state index < -0.39 is 5.97 Å². The first-order valence-electron chi connectivity index (χ1n) is 8.22. The molecule has 0 radical (unpaired) electrons. The van der Waals surface area contributed by atoms with Crippen molar-refractivity contribution >= 4 is 11.9 Å². The largest absolute Gasteiger partial charge is 0.481 e. The van der Waals surface area contributed by atoms with Crippen molar-refractivity contribution in [2.45, 2.75) is 63.5 Å². The van der Waals surface area contributed by atoms with Gasteiger partial charge in [-0.15, -0.1) is 0 Å². The summed E-state index contributed by atoms with van der Waals surface area (Å²) in [6, 6.07) is 2.28. The van der Waals surface area contributed by atoms with Gasteiger partial charge in [0.1, 0.15) is 5.69 Å². The molecule has 120 valence electrons. The summed E-state index contributed by atoms with van der Waals surface area (Å²) < 4.78 is 1.92. The van der Waals surface area contributed by atoms with E-state index in [4.69, 9.17) is 5.11 Å². The van der Waals surface area contributed by atoms with Crippen LogP contribution in [0.15, 0.2) is 12.3 Å². The Morgan fingerprint density at radius 2 is 1.82 bits per heavy atom. The number of nitrogens with one attached hydrogen (secondary N) is 1. The minimum absolute atomic E-state index is 0.0692. The number of aliphatic carboxylic acids is 1. The molecule has 6 heteroatoms. The van der Waals surface area contributed by atoms with Crippen LogP contribution in [0.2, 0.25) is 0 Å². The summed E-state index contributed by atoms with van der Waals surface area (Å²) in [6.45, 7) is 0. The molecule has 0 aliphatic heterocycles. The van der Waals surface area contributed by atoms with E-state index in [1.54, 1.807) is 6.07 Å². The maximum absolute atomic E-state index is 12.3. The standard InChI is InChI=1S/C16H23N3O3/c20-15(17-12-7-5-11(6-8-12)16(21)22)14-9-10-19(18-14)13-3-1-2-4-13/h9-13H,1-8H2,(H,17,20)(H,21,22). The van der Waals surface area contributed by atoms with Crippen LogP contribution in [0.4, 0.5) is 0 Å². The molecule has 1 aromatic rings. The Kier molecular flexibility index (Phi) is 4.45. The van der Waals surface area contributed by atoms with Gasteiger partial charge >= 0.3 is 5.97 Å². The van der Waals surface area contributed by atoms with Gasteiger partial charge in [-0.25, -0.2) is 0 Å². The molecule has 2 saturated carbocycles. The summed E-state index contributed by atoms with van der Waals surface area (Å²) in [6.07, 6.45) is 9.37. The van der Waals surface area contributed by atoms with Crippen LogP contribution in [-0.4, -0.2) is 32.8 Å². The Morgan fingerprint density at radius 3 is 2.45 bits per heavy atom. The summed E-state index contributed by atoms with van der Waals surface area (Å²) in [5, 5.41) is 16.4. The SMILES string of the molecule is O=C(NC1CCC(C(=O)O)CC1)c1ccn(C2CCCC2)n1. The average Bonchev–Trinajstić information content (AvgIpc) is 3.19. The van der Waals surface area contributed by atoms with Gasteiger partial charge in [-0.2, -0.15) is 5.10 Å². The first kappa shape index (κ1) is 15.1.